The van der Waals surface area contributed by atoms with Crippen LogP contribution in [0.2, 0.25) is 0 Å². The Hall–Kier alpha value is -2.03. The van der Waals surface area contributed by atoms with E-state index in [1.807, 2.05) is 4.90 Å². The molecule has 1 fully saturated rings. The monoisotopic (exact) mass is 339 g/mol. The van der Waals surface area contributed by atoms with Gasteiger partial charge in [0.25, 0.3) is 5.56 Å². The Morgan fingerprint density at radius 1 is 1.22 bits per heavy atom. The van der Waals surface area contributed by atoms with E-state index in [1.165, 1.54) is 30.4 Å². The second-order valence-corrected chi connectivity index (χ2v) is 6.62. The highest BCUT2D eigenvalue weighted by atomic mass is 32.2. The van der Waals surface area contributed by atoms with Crippen molar-refractivity contribution in [2.45, 2.75) is 19.8 Å². The number of aliphatic imine (C=N–C) groups is 1. The van der Waals surface area contributed by atoms with Crippen LogP contribution in [0.15, 0.2) is 14.6 Å². The summed E-state index contributed by atoms with van der Waals surface area (Å²) in [6, 6.07) is 0. The largest absolute Gasteiger partial charge is 0.391 e. The van der Waals surface area contributed by atoms with Crippen LogP contribution in [0.1, 0.15) is 19.8 Å². The molecule has 0 saturated carbocycles. The van der Waals surface area contributed by atoms with Gasteiger partial charge in [0, 0.05) is 27.2 Å². The summed E-state index contributed by atoms with van der Waals surface area (Å²) < 4.78 is 2.16. The van der Waals surface area contributed by atoms with E-state index >= 15 is 0 Å². The van der Waals surface area contributed by atoms with E-state index in [-0.39, 0.29) is 23.2 Å². The molecule has 0 radical (unpaired) electrons. The highest BCUT2D eigenvalue weighted by molar-refractivity contribution is 8.14. The first-order valence-corrected chi connectivity index (χ1v) is 8.33. The summed E-state index contributed by atoms with van der Waals surface area (Å²) in [6.07, 6.45) is 2.10. The fraction of sp³-hybridized carbons (Fsp3) is 0.571. The number of carbonyl (C=O) groups excluding carboxylic acids is 1. The van der Waals surface area contributed by atoms with Gasteiger partial charge in [0.15, 0.2) is 5.82 Å². The van der Waals surface area contributed by atoms with Crippen molar-refractivity contribution >= 4 is 34.2 Å². The molecule has 1 saturated heterocycles. The summed E-state index contributed by atoms with van der Waals surface area (Å²) in [7, 11) is 2.87. The Labute approximate surface area is 138 Å². The van der Waals surface area contributed by atoms with Gasteiger partial charge in [0.2, 0.25) is 5.91 Å². The lowest BCUT2D eigenvalue weighted by Gasteiger charge is -2.14. The van der Waals surface area contributed by atoms with Crippen LogP contribution in [0.5, 0.6) is 0 Å². The molecule has 1 aromatic rings. The molecule has 1 aromatic heterocycles. The number of anilines is 1. The third-order valence-corrected chi connectivity index (χ3v) is 4.69. The summed E-state index contributed by atoms with van der Waals surface area (Å²) in [5.74, 6) is 0.484. The molecule has 23 heavy (non-hydrogen) atoms. The first-order chi connectivity index (χ1) is 10.8. The summed E-state index contributed by atoms with van der Waals surface area (Å²) in [4.78, 5) is 41.9. The second-order valence-electron chi connectivity index (χ2n) is 5.45. The zero-order valence-electron chi connectivity index (χ0n) is 13.5. The van der Waals surface area contributed by atoms with E-state index in [9.17, 15) is 14.4 Å². The normalized spacial score (nSPS) is 15.3. The van der Waals surface area contributed by atoms with Crippen molar-refractivity contribution in [1.82, 2.24) is 14.0 Å². The zero-order chi connectivity index (χ0) is 17.1. The molecule has 0 atom stereocenters. The van der Waals surface area contributed by atoms with Crippen molar-refractivity contribution < 1.29 is 4.79 Å². The van der Waals surface area contributed by atoms with Gasteiger partial charge in [-0.1, -0.05) is 0 Å². The molecule has 0 unspecified atom stereocenters. The fourth-order valence-corrected chi connectivity index (χ4v) is 3.07. The molecule has 1 aliphatic heterocycles. The molecule has 9 heteroatoms. The van der Waals surface area contributed by atoms with Crippen LogP contribution in [0.25, 0.3) is 0 Å². The van der Waals surface area contributed by atoms with E-state index in [2.05, 4.69) is 4.99 Å². The minimum absolute atomic E-state index is 0.0767. The fourth-order valence-electron chi connectivity index (χ4n) is 2.40. The standard InChI is InChI=1S/C14H21N5O3S/c1-9(23-8-10(20)19-6-4-5-7-19)16-12-11(15)13(21)18(3)14(22)17(12)2/h4-8,15H2,1-3H3/b16-9+. The van der Waals surface area contributed by atoms with Crippen LogP contribution in [-0.4, -0.2) is 43.8 Å². The van der Waals surface area contributed by atoms with Crippen molar-refractivity contribution in [3.63, 3.8) is 0 Å². The van der Waals surface area contributed by atoms with Crippen LogP contribution in [0.3, 0.4) is 0 Å². The molecule has 2 N–H and O–H groups in total. The summed E-state index contributed by atoms with van der Waals surface area (Å²) in [5, 5.41) is 0.576. The summed E-state index contributed by atoms with van der Waals surface area (Å²) >= 11 is 1.28. The molecule has 8 nitrogen and oxygen atoms in total. The molecule has 1 aliphatic rings. The Kier molecular flexibility index (Phi) is 5.30. The number of nitrogens with zero attached hydrogens (tertiary/aromatic N) is 4. The molecule has 0 aromatic carbocycles. The van der Waals surface area contributed by atoms with Crippen LogP contribution in [0.4, 0.5) is 11.5 Å². The highest BCUT2D eigenvalue weighted by Crippen LogP contribution is 2.18. The SMILES string of the molecule is C/C(=N\c1c(N)c(=O)n(C)c(=O)n1C)SCC(=O)N1CCCC1. The minimum Gasteiger partial charge on any atom is -0.391 e. The van der Waals surface area contributed by atoms with Gasteiger partial charge < -0.3 is 10.6 Å². The Balaban J connectivity index is 2.16. The lowest BCUT2D eigenvalue weighted by Crippen LogP contribution is -2.38. The van der Waals surface area contributed by atoms with E-state index in [0.717, 1.165) is 30.5 Å². The molecule has 0 bridgehead atoms. The van der Waals surface area contributed by atoms with E-state index in [1.54, 1.807) is 6.92 Å². The van der Waals surface area contributed by atoms with Crippen molar-refractivity contribution in [1.29, 1.82) is 0 Å². The quantitative estimate of drug-likeness (QED) is 0.620. The number of aromatic nitrogens is 2. The van der Waals surface area contributed by atoms with Gasteiger partial charge in [-0.15, -0.1) is 11.8 Å². The molecule has 2 heterocycles. The van der Waals surface area contributed by atoms with Crippen LogP contribution < -0.4 is 17.0 Å². The summed E-state index contributed by atoms with van der Waals surface area (Å²) in [5.41, 5.74) is 4.63. The third-order valence-electron chi connectivity index (χ3n) is 3.79. The zero-order valence-corrected chi connectivity index (χ0v) is 14.4. The van der Waals surface area contributed by atoms with E-state index in [4.69, 9.17) is 5.73 Å². The Morgan fingerprint density at radius 3 is 2.43 bits per heavy atom. The Bertz CT molecular complexity index is 722. The van der Waals surface area contributed by atoms with Gasteiger partial charge in [-0.2, -0.15) is 0 Å². The molecule has 126 valence electrons. The maximum absolute atomic E-state index is 12.0. The number of nitrogen functional groups attached to an aromatic ring is 1. The highest BCUT2D eigenvalue weighted by Gasteiger charge is 2.18. The number of hydrogen-bond acceptors (Lipinski definition) is 6. The van der Waals surface area contributed by atoms with Gasteiger partial charge in [-0.25, -0.2) is 9.79 Å². The van der Waals surface area contributed by atoms with Gasteiger partial charge in [0.05, 0.1) is 10.8 Å². The smallest absolute Gasteiger partial charge is 0.332 e. The summed E-state index contributed by atoms with van der Waals surface area (Å²) in [6.45, 7) is 3.35. The average Bonchev–Trinajstić information content (AvgIpc) is 3.07. The number of likely N-dealkylation sites (tertiary alicyclic amines) is 1. The van der Waals surface area contributed by atoms with Crippen molar-refractivity contribution in [2.75, 3.05) is 24.6 Å². The molecular weight excluding hydrogens is 318 g/mol. The number of thioether (sulfide) groups is 1. The predicted octanol–water partition coefficient (Wildman–Crippen LogP) is 0.0717. The van der Waals surface area contributed by atoms with Crippen LogP contribution >= 0.6 is 11.8 Å². The molecular formula is C14H21N5O3S. The number of amides is 1. The Morgan fingerprint density at radius 2 is 1.83 bits per heavy atom. The van der Waals surface area contributed by atoms with Crippen molar-refractivity contribution in [2.24, 2.45) is 19.1 Å². The predicted molar refractivity (Wildman–Crippen MR) is 92.4 cm³/mol. The lowest BCUT2D eigenvalue weighted by atomic mass is 10.4. The average molecular weight is 339 g/mol. The van der Waals surface area contributed by atoms with E-state index < -0.39 is 11.2 Å². The number of nitrogens with two attached hydrogens (primary N) is 1. The van der Waals surface area contributed by atoms with Gasteiger partial charge in [-0.05, 0) is 19.8 Å². The third kappa shape index (κ3) is 3.66. The first-order valence-electron chi connectivity index (χ1n) is 7.34. The molecule has 0 spiro atoms. The van der Waals surface area contributed by atoms with Crippen LogP contribution in [0, 0.1) is 0 Å². The van der Waals surface area contributed by atoms with Crippen molar-refractivity contribution in [3.8, 4) is 0 Å². The number of carbonyl (C=O) groups is 1. The second kappa shape index (κ2) is 7.03. The van der Waals surface area contributed by atoms with Gasteiger partial charge in [0.1, 0.15) is 5.69 Å². The first kappa shape index (κ1) is 17.3. The number of hydrogen-bond donors (Lipinski definition) is 1. The molecule has 1 amide bonds. The maximum Gasteiger partial charge on any atom is 0.332 e. The van der Waals surface area contributed by atoms with Crippen molar-refractivity contribution in [3.05, 3.63) is 20.8 Å². The van der Waals surface area contributed by atoms with Gasteiger partial charge in [-0.3, -0.25) is 18.7 Å². The molecule has 2 rings (SSSR count). The number of rotatable bonds is 3. The maximum atomic E-state index is 12.0. The minimum atomic E-state index is -0.571. The lowest BCUT2D eigenvalue weighted by molar-refractivity contribution is -0.127. The van der Waals surface area contributed by atoms with Gasteiger partial charge >= 0.3 is 5.69 Å². The topological polar surface area (TPSA) is 103 Å². The molecule has 0 aliphatic carbocycles. The van der Waals surface area contributed by atoms with Crippen LogP contribution in [-0.2, 0) is 18.9 Å². The van der Waals surface area contributed by atoms with E-state index in [0.29, 0.717) is 5.04 Å².